The predicted molar refractivity (Wildman–Crippen MR) is 67.5 cm³/mol. The van der Waals surface area contributed by atoms with E-state index in [-0.39, 0.29) is 12.3 Å². The first-order chi connectivity index (χ1) is 9.78. The number of carbonyl (C=O) groups is 1. The lowest BCUT2D eigenvalue weighted by Gasteiger charge is -2.18. The highest BCUT2D eigenvalue weighted by atomic mass is 16.6. The molecule has 0 N–H and O–H groups in total. The van der Waals surface area contributed by atoms with Gasteiger partial charge >= 0.3 is 5.76 Å². The summed E-state index contributed by atoms with van der Waals surface area (Å²) in [5.41, 5.74) is 0.528. The van der Waals surface area contributed by atoms with E-state index in [4.69, 9.17) is 13.9 Å². The van der Waals surface area contributed by atoms with Gasteiger partial charge in [0.2, 0.25) is 5.89 Å². The number of aryl methyl sites for hydroxylation is 1. The van der Waals surface area contributed by atoms with Crippen LogP contribution in [-0.4, -0.2) is 29.3 Å². The van der Waals surface area contributed by atoms with E-state index in [1.807, 2.05) is 0 Å². The van der Waals surface area contributed by atoms with Crippen molar-refractivity contribution in [1.29, 1.82) is 0 Å². The van der Waals surface area contributed by atoms with E-state index in [1.165, 1.54) is 0 Å². The highest BCUT2D eigenvalue weighted by Crippen LogP contribution is 2.31. The number of carbonyl (C=O) groups excluding carboxylic acids is 1. The molecule has 7 nitrogen and oxygen atoms in total. The molecule has 1 aromatic heterocycles. The van der Waals surface area contributed by atoms with Crippen molar-refractivity contribution in [3.8, 4) is 17.2 Å². The van der Waals surface area contributed by atoms with Gasteiger partial charge in [0.1, 0.15) is 19.5 Å². The number of fused-ring (bicyclic) bond motifs is 1. The summed E-state index contributed by atoms with van der Waals surface area (Å²) in [6.07, 6.45) is 1.32. The Balaban J connectivity index is 1.94. The first-order valence-electron chi connectivity index (χ1n) is 6.20. The molecule has 1 aliphatic rings. The van der Waals surface area contributed by atoms with Crippen molar-refractivity contribution in [3.63, 3.8) is 0 Å². The van der Waals surface area contributed by atoms with E-state index in [1.54, 1.807) is 18.2 Å². The molecule has 104 valence electrons. The largest absolute Gasteiger partial charge is 0.486 e. The van der Waals surface area contributed by atoms with E-state index in [9.17, 15) is 9.59 Å². The number of benzene rings is 1. The van der Waals surface area contributed by atoms with Crippen LogP contribution in [0.2, 0.25) is 0 Å². The van der Waals surface area contributed by atoms with Crippen LogP contribution in [0, 0.1) is 0 Å². The number of ether oxygens (including phenoxy) is 2. The molecule has 7 heteroatoms. The molecule has 2 heterocycles. The molecule has 0 radical (unpaired) electrons. The minimum absolute atomic E-state index is 0.233. The molecular formula is C13H12N2O5. The number of hydrogen-bond acceptors (Lipinski definition) is 6. The molecule has 0 saturated carbocycles. The molecule has 0 bridgehead atoms. The quantitative estimate of drug-likeness (QED) is 0.765. The van der Waals surface area contributed by atoms with Crippen LogP contribution in [0.4, 0.5) is 0 Å². The molecule has 0 amide bonds. The van der Waals surface area contributed by atoms with Gasteiger partial charge in [-0.2, -0.15) is 4.68 Å². The zero-order valence-electron chi connectivity index (χ0n) is 10.6. The van der Waals surface area contributed by atoms with E-state index < -0.39 is 5.76 Å². The van der Waals surface area contributed by atoms with Crippen molar-refractivity contribution < 1.29 is 18.7 Å². The Bertz CT molecular complexity index is 688. The van der Waals surface area contributed by atoms with Crippen LogP contribution in [-0.2, 0) is 11.2 Å². The molecule has 3 rings (SSSR count). The first-order valence-corrected chi connectivity index (χ1v) is 6.20. The molecule has 0 spiro atoms. The minimum Gasteiger partial charge on any atom is -0.486 e. The third-order valence-electron chi connectivity index (χ3n) is 2.84. The number of aromatic nitrogens is 2. The average molecular weight is 276 g/mol. The monoisotopic (exact) mass is 276 g/mol. The SMILES string of the molecule is O=CCCc1nn(-c2ccc3c(c2)OCCO3)c(=O)o1. The van der Waals surface area contributed by atoms with Crippen molar-refractivity contribution in [1.82, 2.24) is 9.78 Å². The van der Waals surface area contributed by atoms with Crippen LogP contribution in [0.15, 0.2) is 27.4 Å². The Morgan fingerprint density at radius 2 is 2.05 bits per heavy atom. The fraction of sp³-hybridized carbons (Fsp3) is 0.308. The third-order valence-corrected chi connectivity index (χ3v) is 2.84. The Morgan fingerprint density at radius 3 is 2.85 bits per heavy atom. The molecule has 0 fully saturated rings. The maximum atomic E-state index is 11.7. The summed E-state index contributed by atoms with van der Waals surface area (Å²) in [6.45, 7) is 0.973. The average Bonchev–Trinajstić information content (AvgIpc) is 2.85. The summed E-state index contributed by atoms with van der Waals surface area (Å²) < 4.78 is 17.0. The van der Waals surface area contributed by atoms with Gasteiger partial charge in [-0.1, -0.05) is 0 Å². The number of nitrogens with zero attached hydrogens (tertiary/aromatic N) is 2. The van der Waals surface area contributed by atoms with Gasteiger partial charge in [-0.15, -0.1) is 5.10 Å². The topological polar surface area (TPSA) is 83.6 Å². The van der Waals surface area contributed by atoms with Crippen LogP contribution in [0.1, 0.15) is 12.3 Å². The Hall–Kier alpha value is -2.57. The summed E-state index contributed by atoms with van der Waals surface area (Å²) in [5, 5.41) is 4.05. The van der Waals surface area contributed by atoms with E-state index in [2.05, 4.69) is 5.10 Å². The van der Waals surface area contributed by atoms with Crippen molar-refractivity contribution >= 4 is 6.29 Å². The first kappa shape index (κ1) is 12.5. The van der Waals surface area contributed by atoms with Crippen molar-refractivity contribution in [2.45, 2.75) is 12.8 Å². The summed E-state index contributed by atoms with van der Waals surface area (Å²) >= 11 is 0. The zero-order chi connectivity index (χ0) is 13.9. The second-order valence-corrected chi connectivity index (χ2v) is 4.21. The molecule has 0 aliphatic carbocycles. The van der Waals surface area contributed by atoms with E-state index >= 15 is 0 Å². The number of aldehydes is 1. The third kappa shape index (κ3) is 2.29. The summed E-state index contributed by atoms with van der Waals surface area (Å²) in [5.74, 6) is 0.843. The Kier molecular flexibility index (Phi) is 3.24. The van der Waals surface area contributed by atoms with Gasteiger partial charge in [-0.3, -0.25) is 0 Å². The van der Waals surface area contributed by atoms with Crippen LogP contribution >= 0.6 is 0 Å². The second kappa shape index (κ2) is 5.20. The van der Waals surface area contributed by atoms with Crippen LogP contribution < -0.4 is 15.2 Å². The van der Waals surface area contributed by atoms with Crippen molar-refractivity contribution in [3.05, 3.63) is 34.6 Å². The van der Waals surface area contributed by atoms with Crippen molar-refractivity contribution in [2.75, 3.05) is 13.2 Å². The summed E-state index contributed by atoms with van der Waals surface area (Å²) in [7, 11) is 0. The van der Waals surface area contributed by atoms with Gasteiger partial charge in [0, 0.05) is 18.9 Å². The van der Waals surface area contributed by atoms with Gasteiger partial charge in [0.15, 0.2) is 11.5 Å². The lowest BCUT2D eigenvalue weighted by atomic mass is 10.2. The lowest BCUT2D eigenvalue weighted by Crippen LogP contribution is -2.17. The fourth-order valence-electron chi connectivity index (χ4n) is 1.93. The number of rotatable bonds is 4. The predicted octanol–water partition coefficient (Wildman–Crippen LogP) is 0.728. The maximum absolute atomic E-state index is 11.7. The highest BCUT2D eigenvalue weighted by molar-refractivity contribution is 5.50. The smallest absolute Gasteiger partial charge is 0.441 e. The minimum atomic E-state index is -0.595. The van der Waals surface area contributed by atoms with Crippen LogP contribution in [0.5, 0.6) is 11.5 Å². The molecule has 0 saturated heterocycles. The molecule has 1 aromatic carbocycles. The molecular weight excluding hydrogens is 264 g/mol. The normalized spacial score (nSPS) is 13.2. The Labute approximate surface area is 113 Å². The van der Waals surface area contributed by atoms with Crippen LogP contribution in [0.25, 0.3) is 5.69 Å². The molecule has 0 unspecified atom stereocenters. The highest BCUT2D eigenvalue weighted by Gasteiger charge is 2.15. The summed E-state index contributed by atoms with van der Waals surface area (Å²) in [6, 6.07) is 5.08. The lowest BCUT2D eigenvalue weighted by molar-refractivity contribution is -0.107. The standard InChI is InChI=1S/C13H12N2O5/c16-5-1-2-12-14-15(13(17)20-12)9-3-4-10-11(8-9)19-7-6-18-10/h3-5,8H,1-2,6-7H2. The van der Waals surface area contributed by atoms with Gasteiger partial charge in [0.25, 0.3) is 0 Å². The summed E-state index contributed by atoms with van der Waals surface area (Å²) in [4.78, 5) is 22.1. The molecule has 0 atom stereocenters. The second-order valence-electron chi connectivity index (χ2n) is 4.21. The van der Waals surface area contributed by atoms with Gasteiger partial charge in [-0.05, 0) is 12.1 Å². The van der Waals surface area contributed by atoms with Gasteiger partial charge in [0.05, 0.1) is 5.69 Å². The van der Waals surface area contributed by atoms with Crippen molar-refractivity contribution in [2.24, 2.45) is 0 Å². The van der Waals surface area contributed by atoms with E-state index in [0.717, 1.165) is 11.0 Å². The molecule has 20 heavy (non-hydrogen) atoms. The zero-order valence-corrected chi connectivity index (χ0v) is 10.6. The van der Waals surface area contributed by atoms with Gasteiger partial charge in [-0.25, -0.2) is 4.79 Å². The molecule has 1 aliphatic heterocycles. The molecule has 2 aromatic rings. The number of hydrogen-bond donors (Lipinski definition) is 0. The van der Waals surface area contributed by atoms with Crippen LogP contribution in [0.3, 0.4) is 0 Å². The Morgan fingerprint density at radius 1 is 1.25 bits per heavy atom. The van der Waals surface area contributed by atoms with Gasteiger partial charge < -0.3 is 18.7 Å². The maximum Gasteiger partial charge on any atom is 0.441 e. The fourth-order valence-corrected chi connectivity index (χ4v) is 1.93. The van der Waals surface area contributed by atoms with E-state index in [0.29, 0.717) is 36.8 Å².